The Morgan fingerprint density at radius 2 is 2.10 bits per heavy atom. The van der Waals surface area contributed by atoms with E-state index in [1.807, 2.05) is 0 Å². The lowest BCUT2D eigenvalue weighted by atomic mass is 10.5. The van der Waals surface area contributed by atoms with Crippen LogP contribution in [0, 0.1) is 0 Å². The van der Waals surface area contributed by atoms with E-state index in [1.54, 1.807) is 6.92 Å². The first-order valence-corrected chi connectivity index (χ1v) is 8.46. The lowest BCUT2D eigenvalue weighted by Crippen LogP contribution is -2.20. The van der Waals surface area contributed by atoms with Crippen molar-refractivity contribution in [3.63, 3.8) is 0 Å². The van der Waals surface area contributed by atoms with Gasteiger partial charge in [0.2, 0.25) is 0 Å². The number of aromatic nitrogens is 1. The fourth-order valence-corrected chi connectivity index (χ4v) is 4.15. The van der Waals surface area contributed by atoms with E-state index in [-0.39, 0.29) is 34.6 Å². The molecule has 0 aromatic carbocycles. The third-order valence-corrected chi connectivity index (χ3v) is 5.18. The highest BCUT2D eigenvalue weighted by Gasteiger charge is 2.27. The van der Waals surface area contributed by atoms with E-state index in [0.29, 0.717) is 6.42 Å². The van der Waals surface area contributed by atoms with Crippen LogP contribution in [-0.2, 0) is 14.6 Å². The van der Waals surface area contributed by atoms with Gasteiger partial charge >= 0.3 is 6.18 Å². The molecule has 0 atom stereocenters. The monoisotopic (exact) mass is 347 g/mol. The van der Waals surface area contributed by atoms with Crippen molar-refractivity contribution in [2.24, 2.45) is 0 Å². The number of halogens is 3. The second-order valence-electron chi connectivity index (χ2n) is 4.14. The molecule has 0 saturated heterocycles. The molecule has 0 saturated carbocycles. The van der Waals surface area contributed by atoms with Gasteiger partial charge in [-0.1, -0.05) is 6.92 Å². The molecule has 1 rings (SSSR count). The molecule has 6 nitrogen and oxygen atoms in total. The molecule has 1 aromatic rings. The van der Waals surface area contributed by atoms with E-state index in [9.17, 15) is 21.6 Å². The van der Waals surface area contributed by atoms with Gasteiger partial charge in [0.15, 0.2) is 15.7 Å². The van der Waals surface area contributed by atoms with E-state index < -0.39 is 22.6 Å². The summed E-state index contributed by atoms with van der Waals surface area (Å²) in [6.45, 7) is 0.170. The zero-order chi connectivity index (χ0) is 16.1. The SMILES string of the molecule is CCCS(=O)(=O)c1c(N)nsc1NCCOCC(F)(F)F. The minimum absolute atomic E-state index is 0.0202. The van der Waals surface area contributed by atoms with Crippen LogP contribution >= 0.6 is 11.5 Å². The van der Waals surface area contributed by atoms with Crippen LogP contribution < -0.4 is 11.1 Å². The Bertz CT molecular complexity index is 558. The lowest BCUT2D eigenvalue weighted by Gasteiger charge is -2.09. The van der Waals surface area contributed by atoms with Gasteiger partial charge in [0.25, 0.3) is 0 Å². The van der Waals surface area contributed by atoms with Crippen LogP contribution in [0.1, 0.15) is 13.3 Å². The van der Waals surface area contributed by atoms with Crippen molar-refractivity contribution in [2.75, 3.05) is 36.6 Å². The smallest absolute Gasteiger partial charge is 0.382 e. The van der Waals surface area contributed by atoms with E-state index in [4.69, 9.17) is 5.73 Å². The quantitative estimate of drug-likeness (QED) is 0.698. The van der Waals surface area contributed by atoms with Gasteiger partial charge < -0.3 is 15.8 Å². The molecule has 3 N–H and O–H groups in total. The minimum atomic E-state index is -4.38. The molecule has 122 valence electrons. The number of nitrogens with zero attached hydrogens (tertiary/aromatic N) is 1. The molecular weight excluding hydrogens is 331 g/mol. The summed E-state index contributed by atoms with van der Waals surface area (Å²) in [7, 11) is -3.55. The van der Waals surface area contributed by atoms with E-state index in [0.717, 1.165) is 11.5 Å². The fraction of sp³-hybridized carbons (Fsp3) is 0.700. The van der Waals surface area contributed by atoms with Gasteiger partial charge in [-0.15, -0.1) is 0 Å². The van der Waals surface area contributed by atoms with Crippen molar-refractivity contribution in [3.05, 3.63) is 0 Å². The number of nitrogens with one attached hydrogen (secondary N) is 1. The summed E-state index contributed by atoms with van der Waals surface area (Å²) in [6, 6.07) is 0. The molecule has 0 fully saturated rings. The van der Waals surface area contributed by atoms with Crippen molar-refractivity contribution in [2.45, 2.75) is 24.4 Å². The van der Waals surface area contributed by atoms with Crippen molar-refractivity contribution >= 4 is 32.2 Å². The maximum absolute atomic E-state index is 12.0. The second-order valence-corrected chi connectivity index (χ2v) is 6.96. The van der Waals surface area contributed by atoms with Crippen LogP contribution in [0.5, 0.6) is 0 Å². The summed E-state index contributed by atoms with van der Waals surface area (Å²) >= 11 is 0.849. The van der Waals surface area contributed by atoms with Gasteiger partial charge in [0, 0.05) is 6.54 Å². The summed E-state index contributed by atoms with van der Waals surface area (Å²) in [5, 5.41) is 2.91. The predicted molar refractivity (Wildman–Crippen MR) is 74.2 cm³/mol. The predicted octanol–water partition coefficient (Wildman–Crippen LogP) is 1.90. The topological polar surface area (TPSA) is 94.3 Å². The van der Waals surface area contributed by atoms with E-state index in [2.05, 4.69) is 14.4 Å². The molecule has 11 heteroatoms. The maximum Gasteiger partial charge on any atom is 0.411 e. The maximum atomic E-state index is 12.0. The van der Waals surface area contributed by atoms with Crippen LogP contribution in [0.15, 0.2) is 4.90 Å². The van der Waals surface area contributed by atoms with Crippen molar-refractivity contribution in [3.8, 4) is 0 Å². The summed E-state index contributed by atoms with van der Waals surface area (Å²) < 4.78 is 67.8. The first-order chi connectivity index (χ1) is 9.67. The standard InChI is InChI=1S/C10H16F3N3O3S2/c1-2-5-21(17,18)7-8(14)16-20-9(7)15-3-4-19-6-10(11,12)13/h15H,2-6H2,1H3,(H2,14,16). The van der Waals surface area contributed by atoms with Crippen molar-refractivity contribution in [1.29, 1.82) is 0 Å². The summed E-state index contributed by atoms with van der Waals surface area (Å²) in [5.74, 6) is -0.179. The molecule has 0 radical (unpaired) electrons. The Morgan fingerprint density at radius 1 is 1.43 bits per heavy atom. The van der Waals surface area contributed by atoms with Crippen LogP contribution in [0.4, 0.5) is 24.0 Å². The van der Waals surface area contributed by atoms with Gasteiger partial charge in [-0.2, -0.15) is 17.5 Å². The number of ether oxygens (including phenoxy) is 1. The van der Waals surface area contributed by atoms with E-state index in [1.165, 1.54) is 0 Å². The number of rotatable bonds is 8. The molecular formula is C10H16F3N3O3S2. The van der Waals surface area contributed by atoms with Crippen LogP contribution in [-0.4, -0.2) is 44.5 Å². The number of nitrogen functional groups attached to an aromatic ring is 1. The van der Waals surface area contributed by atoms with Gasteiger partial charge in [-0.25, -0.2) is 8.42 Å². The number of alkyl halides is 3. The van der Waals surface area contributed by atoms with Crippen molar-refractivity contribution in [1.82, 2.24) is 4.37 Å². The van der Waals surface area contributed by atoms with Crippen LogP contribution in [0.2, 0.25) is 0 Å². The minimum Gasteiger partial charge on any atom is -0.382 e. The molecule has 0 amide bonds. The van der Waals surface area contributed by atoms with E-state index >= 15 is 0 Å². The van der Waals surface area contributed by atoms with Crippen molar-refractivity contribution < 1.29 is 26.3 Å². The third kappa shape index (κ3) is 5.67. The first-order valence-electron chi connectivity index (χ1n) is 6.03. The number of sulfone groups is 1. The number of hydrogen-bond acceptors (Lipinski definition) is 7. The number of anilines is 2. The van der Waals surface area contributed by atoms with Crippen LogP contribution in [0.3, 0.4) is 0 Å². The number of hydrogen-bond donors (Lipinski definition) is 2. The molecule has 0 bridgehead atoms. The summed E-state index contributed by atoms with van der Waals surface area (Å²) in [4.78, 5) is -0.0924. The van der Waals surface area contributed by atoms with Gasteiger partial charge in [0.1, 0.15) is 16.5 Å². The van der Waals surface area contributed by atoms with Gasteiger partial charge in [0.05, 0.1) is 12.4 Å². The molecule has 1 aromatic heterocycles. The molecule has 0 aliphatic rings. The molecule has 0 aliphatic carbocycles. The third-order valence-electron chi connectivity index (χ3n) is 2.26. The Morgan fingerprint density at radius 3 is 2.67 bits per heavy atom. The van der Waals surface area contributed by atoms with Gasteiger partial charge in [-0.05, 0) is 18.0 Å². The molecule has 0 unspecified atom stereocenters. The highest BCUT2D eigenvalue weighted by molar-refractivity contribution is 7.91. The Hall–Kier alpha value is -1.07. The van der Waals surface area contributed by atoms with Gasteiger partial charge in [-0.3, -0.25) is 0 Å². The number of nitrogens with two attached hydrogens (primary N) is 1. The zero-order valence-corrected chi connectivity index (χ0v) is 12.9. The zero-order valence-electron chi connectivity index (χ0n) is 11.2. The largest absolute Gasteiger partial charge is 0.411 e. The summed E-state index contributed by atoms with van der Waals surface area (Å²) in [6.07, 6.45) is -3.96. The lowest BCUT2D eigenvalue weighted by molar-refractivity contribution is -0.172. The first kappa shape index (κ1) is 18.0. The van der Waals surface area contributed by atoms with Crippen LogP contribution in [0.25, 0.3) is 0 Å². The Labute approximate surface area is 124 Å². The molecule has 0 spiro atoms. The molecule has 1 heterocycles. The average Bonchev–Trinajstić information content (AvgIpc) is 2.69. The Balaban J connectivity index is 2.61. The highest BCUT2D eigenvalue weighted by atomic mass is 32.2. The normalized spacial score (nSPS) is 12.6. The highest BCUT2D eigenvalue weighted by Crippen LogP contribution is 2.32. The molecule has 0 aliphatic heterocycles. The second kappa shape index (κ2) is 7.27. The summed E-state index contributed by atoms with van der Waals surface area (Å²) in [5.41, 5.74) is 5.55. The Kier molecular flexibility index (Phi) is 6.23. The average molecular weight is 347 g/mol. The molecule has 21 heavy (non-hydrogen) atoms. The fourth-order valence-electron chi connectivity index (χ4n) is 1.50.